The first-order valence-corrected chi connectivity index (χ1v) is 6.44. The van der Waals surface area contributed by atoms with Crippen LogP contribution in [0.4, 0.5) is 5.69 Å². The lowest BCUT2D eigenvalue weighted by molar-refractivity contribution is -0.388. The summed E-state index contributed by atoms with van der Waals surface area (Å²) in [6, 6.07) is 0.0824. The van der Waals surface area contributed by atoms with Crippen molar-refractivity contribution in [2.24, 2.45) is 0 Å². The normalized spacial score (nSPS) is 11.1. The van der Waals surface area contributed by atoms with Gasteiger partial charge in [-0.15, -0.1) is 0 Å². The highest BCUT2D eigenvalue weighted by Crippen LogP contribution is 2.34. The number of nitrogens with zero attached hydrogens (tertiary/aromatic N) is 3. The lowest BCUT2D eigenvalue weighted by Gasteiger charge is -2.09. The zero-order chi connectivity index (χ0) is 13.0. The lowest BCUT2D eigenvalue weighted by atomic mass is 10.4. The molecule has 0 aliphatic rings. The minimum absolute atomic E-state index is 0.0824. The summed E-state index contributed by atoms with van der Waals surface area (Å²) in [6.45, 7) is 5.61. The van der Waals surface area contributed by atoms with E-state index >= 15 is 0 Å². The molecule has 6 nitrogen and oxygen atoms in total. The number of aryl methyl sites for hydroxylation is 1. The summed E-state index contributed by atoms with van der Waals surface area (Å²) in [5.41, 5.74) is 0.525. The molecule has 1 rings (SSSR count). The Hall–Kier alpha value is -1.08. The van der Waals surface area contributed by atoms with Crippen LogP contribution in [0.5, 0.6) is 0 Å². The van der Waals surface area contributed by atoms with Gasteiger partial charge in [-0.2, -0.15) is 5.10 Å². The van der Waals surface area contributed by atoms with Gasteiger partial charge in [-0.3, -0.25) is 10.1 Å². The summed E-state index contributed by atoms with van der Waals surface area (Å²) in [6.07, 6.45) is 0.615. The molecule has 1 aromatic heterocycles. The van der Waals surface area contributed by atoms with Crippen LogP contribution in [0.3, 0.4) is 0 Å². The van der Waals surface area contributed by atoms with E-state index < -0.39 is 0 Å². The third-order valence-corrected chi connectivity index (χ3v) is 3.37. The molecular formula is C10H17N3O3S. The summed E-state index contributed by atoms with van der Waals surface area (Å²) >= 11 is 1.37. The molecule has 0 atom stereocenters. The molecule has 1 aromatic rings. The van der Waals surface area contributed by atoms with Gasteiger partial charge in [0.2, 0.25) is 0 Å². The highest BCUT2D eigenvalue weighted by Gasteiger charge is 2.26. The van der Waals surface area contributed by atoms with Crippen molar-refractivity contribution in [2.75, 3.05) is 12.4 Å². The minimum atomic E-state index is -0.386. The van der Waals surface area contributed by atoms with Crippen LogP contribution in [-0.2, 0) is 0 Å². The van der Waals surface area contributed by atoms with E-state index in [1.54, 1.807) is 11.6 Å². The lowest BCUT2D eigenvalue weighted by Crippen LogP contribution is -2.05. The summed E-state index contributed by atoms with van der Waals surface area (Å²) in [5, 5.41) is 24.5. The van der Waals surface area contributed by atoms with E-state index in [9.17, 15) is 10.1 Å². The van der Waals surface area contributed by atoms with Crippen molar-refractivity contribution >= 4 is 17.4 Å². The van der Waals surface area contributed by atoms with Gasteiger partial charge >= 0.3 is 5.69 Å². The van der Waals surface area contributed by atoms with E-state index in [2.05, 4.69) is 5.10 Å². The van der Waals surface area contributed by atoms with Crippen LogP contribution in [0.2, 0.25) is 0 Å². The van der Waals surface area contributed by atoms with Crippen molar-refractivity contribution in [1.82, 2.24) is 9.78 Å². The van der Waals surface area contributed by atoms with Gasteiger partial charge in [-0.05, 0) is 27.2 Å². The van der Waals surface area contributed by atoms with Gasteiger partial charge in [0.25, 0.3) is 0 Å². The van der Waals surface area contributed by atoms with Crippen molar-refractivity contribution in [3.05, 3.63) is 15.8 Å². The Morgan fingerprint density at radius 1 is 1.59 bits per heavy atom. The van der Waals surface area contributed by atoms with Crippen molar-refractivity contribution in [3.8, 4) is 0 Å². The summed E-state index contributed by atoms with van der Waals surface area (Å²) in [5.74, 6) is 0.648. The summed E-state index contributed by atoms with van der Waals surface area (Å²) in [4.78, 5) is 10.6. The van der Waals surface area contributed by atoms with Gasteiger partial charge in [0, 0.05) is 18.4 Å². The maximum atomic E-state index is 11.0. The first-order chi connectivity index (χ1) is 7.99. The Labute approximate surface area is 104 Å². The molecule has 0 aliphatic heterocycles. The maximum Gasteiger partial charge on any atom is 0.323 e. The average molecular weight is 259 g/mol. The molecule has 0 amide bonds. The van der Waals surface area contributed by atoms with Crippen LogP contribution < -0.4 is 0 Å². The fourth-order valence-corrected chi connectivity index (χ4v) is 2.66. The maximum absolute atomic E-state index is 11.0. The van der Waals surface area contributed by atoms with Crippen LogP contribution >= 0.6 is 11.8 Å². The second-order valence-corrected chi connectivity index (χ2v) is 5.04. The number of aromatic nitrogens is 2. The third kappa shape index (κ3) is 3.19. The Morgan fingerprint density at radius 2 is 2.24 bits per heavy atom. The van der Waals surface area contributed by atoms with E-state index in [0.29, 0.717) is 22.9 Å². The van der Waals surface area contributed by atoms with Crippen molar-refractivity contribution in [2.45, 2.75) is 38.3 Å². The molecule has 0 saturated carbocycles. The standard InChI is InChI=1S/C10H17N3O3S/c1-7(2)12-10(17-6-4-5-14)9(13(15)16)8(3)11-12/h7,14H,4-6H2,1-3H3. The number of rotatable bonds is 6. The fraction of sp³-hybridized carbons (Fsp3) is 0.700. The Balaban J connectivity index is 3.07. The highest BCUT2D eigenvalue weighted by molar-refractivity contribution is 7.99. The second kappa shape index (κ2) is 6.02. The molecule has 0 radical (unpaired) electrons. The quantitative estimate of drug-likeness (QED) is 0.366. The molecule has 1 heterocycles. The number of hydrogen-bond donors (Lipinski definition) is 1. The number of aliphatic hydroxyl groups is 1. The monoisotopic (exact) mass is 259 g/mol. The van der Waals surface area contributed by atoms with Crippen molar-refractivity contribution < 1.29 is 10.0 Å². The molecule has 0 spiro atoms. The molecule has 0 saturated heterocycles. The van der Waals surface area contributed by atoms with Gasteiger partial charge < -0.3 is 5.11 Å². The number of thioether (sulfide) groups is 1. The van der Waals surface area contributed by atoms with Crippen LogP contribution in [0, 0.1) is 17.0 Å². The van der Waals surface area contributed by atoms with E-state index in [4.69, 9.17) is 5.11 Å². The topological polar surface area (TPSA) is 81.2 Å². The predicted octanol–water partition coefficient (Wildman–Crippen LogP) is 2.16. The van der Waals surface area contributed by atoms with Gasteiger partial charge in [0.1, 0.15) is 5.69 Å². The first-order valence-electron chi connectivity index (χ1n) is 5.46. The molecule has 0 fully saturated rings. The molecule has 17 heavy (non-hydrogen) atoms. The minimum Gasteiger partial charge on any atom is -0.396 e. The van der Waals surface area contributed by atoms with Gasteiger partial charge in [-0.1, -0.05) is 11.8 Å². The molecule has 96 valence electrons. The third-order valence-electron chi connectivity index (χ3n) is 2.22. The van der Waals surface area contributed by atoms with Crippen LogP contribution in [0.25, 0.3) is 0 Å². The van der Waals surface area contributed by atoms with Gasteiger partial charge in [0.05, 0.1) is 4.92 Å². The molecule has 0 aliphatic carbocycles. The first kappa shape index (κ1) is 14.0. The largest absolute Gasteiger partial charge is 0.396 e. The molecule has 7 heteroatoms. The van der Waals surface area contributed by atoms with E-state index in [-0.39, 0.29) is 23.3 Å². The predicted molar refractivity (Wildman–Crippen MR) is 66.4 cm³/mol. The van der Waals surface area contributed by atoms with E-state index in [1.807, 2.05) is 13.8 Å². The van der Waals surface area contributed by atoms with Gasteiger partial charge in [0.15, 0.2) is 5.03 Å². The number of hydrogen-bond acceptors (Lipinski definition) is 5. The fourth-order valence-electron chi connectivity index (χ4n) is 1.45. The number of nitro groups is 1. The van der Waals surface area contributed by atoms with Crippen molar-refractivity contribution in [1.29, 1.82) is 0 Å². The second-order valence-electron chi connectivity index (χ2n) is 3.96. The molecular weight excluding hydrogens is 242 g/mol. The Morgan fingerprint density at radius 3 is 2.71 bits per heavy atom. The Kier molecular flexibility index (Phi) is 4.95. The molecule has 1 N–H and O–H groups in total. The summed E-state index contributed by atoms with van der Waals surface area (Å²) in [7, 11) is 0. The molecule has 0 bridgehead atoms. The van der Waals surface area contributed by atoms with Gasteiger partial charge in [-0.25, -0.2) is 4.68 Å². The summed E-state index contributed by atoms with van der Waals surface area (Å²) < 4.78 is 1.68. The Bertz CT molecular complexity index is 404. The van der Waals surface area contributed by atoms with Crippen molar-refractivity contribution in [3.63, 3.8) is 0 Å². The molecule has 0 aromatic carbocycles. The smallest absolute Gasteiger partial charge is 0.323 e. The zero-order valence-electron chi connectivity index (χ0n) is 10.2. The molecule has 0 unspecified atom stereocenters. The van der Waals surface area contributed by atoms with E-state index in [1.165, 1.54) is 11.8 Å². The SMILES string of the molecule is Cc1nn(C(C)C)c(SCCCO)c1[N+](=O)[O-]. The van der Waals surface area contributed by atoms with Crippen LogP contribution in [0.15, 0.2) is 5.03 Å². The van der Waals surface area contributed by atoms with E-state index in [0.717, 1.165) is 0 Å². The highest BCUT2D eigenvalue weighted by atomic mass is 32.2. The van der Waals surface area contributed by atoms with Crippen LogP contribution in [-0.4, -0.2) is 32.2 Å². The zero-order valence-corrected chi connectivity index (χ0v) is 11.0. The van der Waals surface area contributed by atoms with Crippen LogP contribution in [0.1, 0.15) is 32.0 Å². The number of aliphatic hydroxyl groups excluding tert-OH is 1. The average Bonchev–Trinajstić information content (AvgIpc) is 2.56.